The molecule has 0 saturated carbocycles. The molecule has 3 aromatic heterocycles. The Hall–Kier alpha value is -8.60. The summed E-state index contributed by atoms with van der Waals surface area (Å²) in [4.78, 5) is 2.38. The Morgan fingerprint density at radius 2 is 0.910 bits per heavy atom. The van der Waals surface area contributed by atoms with Crippen LogP contribution in [-0.2, 0) is 5.41 Å². The summed E-state index contributed by atoms with van der Waals surface area (Å²) in [6.07, 6.45) is 0. The minimum Gasteiger partial charge on any atom is -0.456 e. The van der Waals surface area contributed by atoms with E-state index in [4.69, 9.17) is 13.3 Å². The van der Waals surface area contributed by atoms with Gasteiger partial charge in [-0.05, 0) is 105 Å². The van der Waals surface area contributed by atoms with Crippen molar-refractivity contribution in [3.05, 3.63) is 223 Å². The molecule has 1 aliphatic rings. The van der Waals surface area contributed by atoms with Crippen molar-refractivity contribution in [2.75, 3.05) is 4.90 Å². The summed E-state index contributed by atoms with van der Waals surface area (Å²) in [6.45, 7) is 4.68. The van der Waals surface area contributed by atoms with Gasteiger partial charge in [-0.15, -0.1) is 0 Å². The van der Waals surface area contributed by atoms with E-state index in [0.717, 1.165) is 111 Å². The summed E-state index contributed by atoms with van der Waals surface area (Å²) in [5.74, 6) is 0. The van der Waals surface area contributed by atoms with Crippen LogP contribution in [0.4, 0.5) is 17.1 Å². The summed E-state index contributed by atoms with van der Waals surface area (Å²) in [6, 6.07) is 75.8. The molecule has 0 fully saturated rings. The molecule has 316 valence electrons. The summed E-state index contributed by atoms with van der Waals surface area (Å²) < 4.78 is 20.2. The molecule has 10 aromatic carbocycles. The Kier molecular flexibility index (Phi) is 8.00. The number of furan rings is 3. The molecule has 0 unspecified atom stereocenters. The normalized spacial score (nSPS) is 13.0. The molecule has 0 aliphatic heterocycles. The molecular weight excluding hydrogens is 819 g/mol. The van der Waals surface area contributed by atoms with Crippen molar-refractivity contribution in [1.82, 2.24) is 0 Å². The van der Waals surface area contributed by atoms with Gasteiger partial charge in [0.2, 0.25) is 0 Å². The standard InChI is InChI=1S/C63H41NO3/c1-63(2)53-20-9-6-15-46(53)47-33-31-44(36-54(47)63)64(42-29-27-40(28-30-42)45-18-12-19-49-48-16-7-10-21-55(48)66-61(45)49)43-32-34-57-51(35-43)52-37-58-60(50-17-8-11-22-56(50)65-58)59(62(52)67-57)41-25-23-39(24-26-41)38-13-4-3-5-14-38/h3-37H,1-2H3. The lowest BCUT2D eigenvalue weighted by Gasteiger charge is -2.28. The van der Waals surface area contributed by atoms with Gasteiger partial charge in [-0.2, -0.15) is 0 Å². The summed E-state index contributed by atoms with van der Waals surface area (Å²) in [5.41, 5.74) is 20.0. The van der Waals surface area contributed by atoms with Crippen molar-refractivity contribution in [2.24, 2.45) is 0 Å². The molecule has 13 aromatic rings. The average Bonchev–Trinajstić information content (AvgIpc) is 4.12. The molecule has 3 heterocycles. The van der Waals surface area contributed by atoms with E-state index in [1.54, 1.807) is 0 Å². The minimum atomic E-state index is -0.166. The number of nitrogens with zero attached hydrogens (tertiary/aromatic N) is 1. The third-order valence-electron chi connectivity index (χ3n) is 14.3. The molecule has 14 rings (SSSR count). The number of rotatable bonds is 6. The molecule has 0 amide bonds. The van der Waals surface area contributed by atoms with Crippen molar-refractivity contribution in [3.63, 3.8) is 0 Å². The number of hydrogen-bond donors (Lipinski definition) is 0. The molecule has 1 aliphatic carbocycles. The fourth-order valence-electron chi connectivity index (χ4n) is 11.0. The van der Waals surface area contributed by atoms with Crippen LogP contribution in [-0.4, -0.2) is 0 Å². The molecule has 67 heavy (non-hydrogen) atoms. The van der Waals surface area contributed by atoms with Gasteiger partial charge in [0.05, 0.1) is 0 Å². The van der Waals surface area contributed by atoms with Crippen LogP contribution in [0.5, 0.6) is 0 Å². The van der Waals surface area contributed by atoms with E-state index in [9.17, 15) is 0 Å². The van der Waals surface area contributed by atoms with E-state index in [-0.39, 0.29) is 5.41 Å². The van der Waals surface area contributed by atoms with Gasteiger partial charge in [0.1, 0.15) is 33.5 Å². The van der Waals surface area contributed by atoms with Crippen LogP contribution in [0.15, 0.2) is 226 Å². The van der Waals surface area contributed by atoms with Crippen LogP contribution in [0.1, 0.15) is 25.0 Å². The molecule has 0 radical (unpaired) electrons. The number of fused-ring (bicyclic) bond motifs is 12. The first kappa shape index (κ1) is 37.7. The van der Waals surface area contributed by atoms with E-state index in [1.807, 2.05) is 24.3 Å². The molecule has 0 bridgehead atoms. The van der Waals surface area contributed by atoms with E-state index in [2.05, 4.69) is 207 Å². The van der Waals surface area contributed by atoms with Gasteiger partial charge in [0, 0.05) is 65.9 Å². The number of para-hydroxylation sites is 3. The summed E-state index contributed by atoms with van der Waals surface area (Å²) >= 11 is 0. The number of hydrogen-bond acceptors (Lipinski definition) is 4. The highest BCUT2D eigenvalue weighted by Gasteiger charge is 2.36. The van der Waals surface area contributed by atoms with Crippen molar-refractivity contribution in [1.29, 1.82) is 0 Å². The Balaban J connectivity index is 0.959. The zero-order valence-electron chi connectivity index (χ0n) is 36.9. The second-order valence-electron chi connectivity index (χ2n) is 18.4. The van der Waals surface area contributed by atoms with E-state index in [0.29, 0.717) is 0 Å². The fraction of sp³-hybridized carbons (Fsp3) is 0.0476. The van der Waals surface area contributed by atoms with E-state index in [1.165, 1.54) is 27.8 Å². The number of benzene rings is 10. The highest BCUT2D eigenvalue weighted by atomic mass is 16.3. The van der Waals surface area contributed by atoms with E-state index < -0.39 is 0 Å². The second-order valence-corrected chi connectivity index (χ2v) is 18.4. The predicted molar refractivity (Wildman–Crippen MR) is 277 cm³/mol. The van der Waals surface area contributed by atoms with Gasteiger partial charge in [-0.3, -0.25) is 0 Å². The highest BCUT2D eigenvalue weighted by Crippen LogP contribution is 2.52. The molecule has 0 N–H and O–H groups in total. The third-order valence-corrected chi connectivity index (χ3v) is 14.3. The predicted octanol–water partition coefficient (Wildman–Crippen LogP) is 18.2. The first-order valence-electron chi connectivity index (χ1n) is 23.0. The maximum atomic E-state index is 7.00. The highest BCUT2D eigenvalue weighted by molar-refractivity contribution is 6.24. The van der Waals surface area contributed by atoms with Crippen LogP contribution in [0.3, 0.4) is 0 Å². The van der Waals surface area contributed by atoms with E-state index >= 15 is 0 Å². The minimum absolute atomic E-state index is 0.166. The van der Waals surface area contributed by atoms with Gasteiger partial charge in [0.25, 0.3) is 0 Å². The molecule has 0 spiro atoms. The Labute approximate surface area is 386 Å². The SMILES string of the molecule is CC1(C)c2ccccc2-c2ccc(N(c3ccc(-c4cccc5c4oc4ccccc45)cc3)c3ccc4oc5c(-c6ccc(-c7ccccc7)cc6)c6c(cc5c4c3)oc3ccccc36)cc21. The molecule has 0 saturated heterocycles. The number of anilines is 3. The Morgan fingerprint density at radius 3 is 1.75 bits per heavy atom. The Bertz CT molecular complexity index is 4110. The van der Waals surface area contributed by atoms with Crippen molar-refractivity contribution in [2.45, 2.75) is 19.3 Å². The maximum absolute atomic E-state index is 7.00. The van der Waals surface area contributed by atoms with Gasteiger partial charge < -0.3 is 18.2 Å². The lowest BCUT2D eigenvalue weighted by molar-refractivity contribution is 0.660. The third kappa shape index (κ3) is 5.66. The van der Waals surface area contributed by atoms with Crippen LogP contribution in [0.25, 0.3) is 110 Å². The largest absolute Gasteiger partial charge is 0.456 e. The van der Waals surface area contributed by atoms with Crippen molar-refractivity contribution in [3.8, 4) is 44.5 Å². The first-order chi connectivity index (χ1) is 33.0. The molecule has 4 heteroatoms. The Morgan fingerprint density at radius 1 is 0.328 bits per heavy atom. The van der Waals surface area contributed by atoms with Gasteiger partial charge in [-0.25, -0.2) is 0 Å². The van der Waals surface area contributed by atoms with Crippen LogP contribution < -0.4 is 4.90 Å². The lowest BCUT2D eigenvalue weighted by Crippen LogP contribution is -2.16. The van der Waals surface area contributed by atoms with Crippen LogP contribution >= 0.6 is 0 Å². The summed E-state index contributed by atoms with van der Waals surface area (Å²) in [5, 5.41) is 6.38. The molecule has 0 atom stereocenters. The quantitative estimate of drug-likeness (QED) is 0.167. The fourth-order valence-corrected chi connectivity index (χ4v) is 11.0. The topological polar surface area (TPSA) is 42.7 Å². The monoisotopic (exact) mass is 859 g/mol. The zero-order chi connectivity index (χ0) is 44.4. The van der Waals surface area contributed by atoms with Crippen molar-refractivity contribution >= 4 is 82.9 Å². The zero-order valence-corrected chi connectivity index (χ0v) is 36.9. The molecular formula is C63H41NO3. The smallest absolute Gasteiger partial charge is 0.144 e. The van der Waals surface area contributed by atoms with Gasteiger partial charge >= 0.3 is 0 Å². The first-order valence-corrected chi connectivity index (χ1v) is 23.0. The second kappa shape index (κ2) is 14.2. The van der Waals surface area contributed by atoms with Gasteiger partial charge in [-0.1, -0.05) is 166 Å². The maximum Gasteiger partial charge on any atom is 0.144 e. The van der Waals surface area contributed by atoms with Crippen LogP contribution in [0.2, 0.25) is 0 Å². The molecule has 4 nitrogen and oxygen atoms in total. The average molecular weight is 860 g/mol. The van der Waals surface area contributed by atoms with Gasteiger partial charge in [0.15, 0.2) is 0 Å². The van der Waals surface area contributed by atoms with Crippen molar-refractivity contribution < 1.29 is 13.3 Å². The summed E-state index contributed by atoms with van der Waals surface area (Å²) in [7, 11) is 0. The van der Waals surface area contributed by atoms with Crippen LogP contribution in [0, 0.1) is 0 Å². The lowest BCUT2D eigenvalue weighted by atomic mass is 9.82.